The Morgan fingerprint density at radius 3 is 2.64 bits per heavy atom. The highest BCUT2D eigenvalue weighted by Crippen LogP contribution is 2.16. The summed E-state index contributed by atoms with van der Waals surface area (Å²) in [6.45, 7) is 1.87. The Labute approximate surface area is 81.5 Å². The van der Waals surface area contributed by atoms with Gasteiger partial charge in [0, 0.05) is 0 Å². The summed E-state index contributed by atoms with van der Waals surface area (Å²) in [5, 5.41) is 0. The molecule has 2 aromatic rings. The maximum atomic E-state index is 11.1. The van der Waals surface area contributed by atoms with Crippen LogP contribution in [0.15, 0.2) is 41.3 Å². The van der Waals surface area contributed by atoms with Crippen molar-refractivity contribution in [3.05, 3.63) is 52.6 Å². The lowest BCUT2D eigenvalue weighted by atomic mass is 10.1. The van der Waals surface area contributed by atoms with E-state index in [0.29, 0.717) is 0 Å². The molecule has 0 bridgehead atoms. The number of benzene rings is 1. The van der Waals surface area contributed by atoms with Gasteiger partial charge in [-0.1, -0.05) is 30.3 Å². The van der Waals surface area contributed by atoms with Crippen molar-refractivity contribution in [2.24, 2.45) is 0 Å². The molecular weight excluding hydrogens is 176 g/mol. The molecule has 0 amide bonds. The molecule has 3 nitrogen and oxygen atoms in total. The van der Waals surface area contributed by atoms with Gasteiger partial charge in [0.25, 0.3) is 5.56 Å². The van der Waals surface area contributed by atoms with Crippen molar-refractivity contribution in [3.8, 4) is 11.3 Å². The normalized spacial score (nSPS) is 10.1. The molecule has 1 N–H and O–H groups in total. The first-order valence-corrected chi connectivity index (χ1v) is 4.39. The smallest absolute Gasteiger partial charge is 0.266 e. The molecule has 0 unspecified atom stereocenters. The summed E-state index contributed by atoms with van der Waals surface area (Å²) in [4.78, 5) is 17.9. The lowest BCUT2D eigenvalue weighted by Gasteiger charge is -2.03. The Kier molecular flexibility index (Phi) is 2.14. The quantitative estimate of drug-likeness (QED) is 0.737. The van der Waals surface area contributed by atoms with Gasteiger partial charge in [-0.2, -0.15) is 0 Å². The number of nitrogens with one attached hydrogen (secondary N) is 1. The van der Waals surface area contributed by atoms with Gasteiger partial charge in [-0.25, -0.2) is 0 Å². The van der Waals surface area contributed by atoms with Crippen molar-refractivity contribution in [3.63, 3.8) is 0 Å². The van der Waals surface area contributed by atoms with E-state index in [-0.39, 0.29) is 5.56 Å². The molecule has 0 aliphatic rings. The van der Waals surface area contributed by atoms with Gasteiger partial charge in [-0.3, -0.25) is 9.78 Å². The van der Waals surface area contributed by atoms with Crippen molar-refractivity contribution < 1.29 is 0 Å². The third-order valence-corrected chi connectivity index (χ3v) is 2.05. The van der Waals surface area contributed by atoms with E-state index in [1.807, 2.05) is 37.3 Å². The summed E-state index contributed by atoms with van der Waals surface area (Å²) in [5.41, 5.74) is 2.43. The van der Waals surface area contributed by atoms with Gasteiger partial charge in [0.05, 0.1) is 17.6 Å². The van der Waals surface area contributed by atoms with E-state index in [4.69, 9.17) is 0 Å². The molecule has 14 heavy (non-hydrogen) atoms. The number of aryl methyl sites for hydroxylation is 1. The van der Waals surface area contributed by atoms with Crippen molar-refractivity contribution >= 4 is 0 Å². The molecule has 0 radical (unpaired) electrons. The van der Waals surface area contributed by atoms with Crippen molar-refractivity contribution in [2.75, 3.05) is 0 Å². The summed E-state index contributed by atoms with van der Waals surface area (Å²) in [7, 11) is 0. The highest BCUT2D eigenvalue weighted by molar-refractivity contribution is 5.60. The van der Waals surface area contributed by atoms with E-state index >= 15 is 0 Å². The zero-order chi connectivity index (χ0) is 9.97. The molecule has 1 heterocycles. The van der Waals surface area contributed by atoms with Crippen LogP contribution >= 0.6 is 0 Å². The number of hydrogen-bond donors (Lipinski definition) is 1. The van der Waals surface area contributed by atoms with Gasteiger partial charge in [0.2, 0.25) is 0 Å². The standard InChI is InChI=1S/C11H10N2O/c1-8-11(13-10(14)7-12-8)9-5-3-2-4-6-9/h2-7H,1H3,(H,13,14). The first kappa shape index (κ1) is 8.69. The minimum absolute atomic E-state index is 0.172. The van der Waals surface area contributed by atoms with Crippen molar-refractivity contribution in [1.82, 2.24) is 9.97 Å². The molecule has 2 rings (SSSR count). The van der Waals surface area contributed by atoms with E-state index in [1.54, 1.807) is 0 Å². The maximum absolute atomic E-state index is 11.1. The molecule has 1 aromatic heterocycles. The second kappa shape index (κ2) is 3.46. The predicted molar refractivity (Wildman–Crippen MR) is 55.0 cm³/mol. The molecule has 0 saturated carbocycles. The summed E-state index contributed by atoms with van der Waals surface area (Å²) in [5.74, 6) is 0. The number of hydrogen-bond acceptors (Lipinski definition) is 2. The number of aromatic nitrogens is 2. The Hall–Kier alpha value is -1.90. The molecular formula is C11H10N2O. The molecule has 3 heteroatoms. The fraction of sp³-hybridized carbons (Fsp3) is 0.0909. The van der Waals surface area contributed by atoms with E-state index in [1.165, 1.54) is 6.20 Å². The second-order valence-corrected chi connectivity index (χ2v) is 3.07. The lowest BCUT2D eigenvalue weighted by molar-refractivity contribution is 1.08. The Morgan fingerprint density at radius 1 is 1.21 bits per heavy atom. The molecule has 0 atom stereocenters. The van der Waals surface area contributed by atoms with Crippen LogP contribution in [0.4, 0.5) is 0 Å². The summed E-state index contributed by atoms with van der Waals surface area (Å²) < 4.78 is 0. The van der Waals surface area contributed by atoms with Crippen LogP contribution in [0.1, 0.15) is 5.69 Å². The largest absolute Gasteiger partial charge is 0.319 e. The molecule has 0 spiro atoms. The topological polar surface area (TPSA) is 45.8 Å². The molecule has 0 fully saturated rings. The number of H-pyrrole nitrogens is 1. The summed E-state index contributed by atoms with van der Waals surface area (Å²) in [6, 6.07) is 9.69. The molecule has 0 aliphatic heterocycles. The van der Waals surface area contributed by atoms with Crippen LogP contribution in [0.5, 0.6) is 0 Å². The fourth-order valence-corrected chi connectivity index (χ4v) is 1.35. The lowest BCUT2D eigenvalue weighted by Crippen LogP contribution is -2.08. The molecule has 1 aromatic carbocycles. The third-order valence-electron chi connectivity index (χ3n) is 2.05. The monoisotopic (exact) mass is 186 g/mol. The minimum atomic E-state index is -0.172. The van der Waals surface area contributed by atoms with Gasteiger partial charge in [-0.05, 0) is 12.5 Å². The first-order chi connectivity index (χ1) is 6.77. The number of rotatable bonds is 1. The summed E-state index contributed by atoms with van der Waals surface area (Å²) >= 11 is 0. The van der Waals surface area contributed by atoms with Crippen LogP contribution in [-0.2, 0) is 0 Å². The Morgan fingerprint density at radius 2 is 1.93 bits per heavy atom. The van der Waals surface area contributed by atoms with Gasteiger partial charge in [0.15, 0.2) is 0 Å². The fourth-order valence-electron chi connectivity index (χ4n) is 1.35. The highest BCUT2D eigenvalue weighted by atomic mass is 16.1. The zero-order valence-electron chi connectivity index (χ0n) is 7.82. The first-order valence-electron chi connectivity index (χ1n) is 4.39. The van der Waals surface area contributed by atoms with E-state index in [0.717, 1.165) is 17.0 Å². The van der Waals surface area contributed by atoms with Gasteiger partial charge in [0.1, 0.15) is 0 Å². The molecule has 0 aliphatic carbocycles. The van der Waals surface area contributed by atoms with Crippen molar-refractivity contribution in [2.45, 2.75) is 6.92 Å². The van der Waals surface area contributed by atoms with Crippen LogP contribution < -0.4 is 5.56 Å². The van der Waals surface area contributed by atoms with E-state index < -0.39 is 0 Å². The third kappa shape index (κ3) is 1.57. The van der Waals surface area contributed by atoms with Gasteiger partial charge >= 0.3 is 0 Å². The Balaban J connectivity index is 2.62. The van der Waals surface area contributed by atoms with Crippen LogP contribution in [0.25, 0.3) is 11.3 Å². The SMILES string of the molecule is Cc1ncc(=O)[nH]c1-c1ccccc1. The second-order valence-electron chi connectivity index (χ2n) is 3.07. The number of nitrogens with zero attached hydrogens (tertiary/aromatic N) is 1. The minimum Gasteiger partial charge on any atom is -0.319 e. The average molecular weight is 186 g/mol. The van der Waals surface area contributed by atoms with Crippen LogP contribution in [0, 0.1) is 6.92 Å². The van der Waals surface area contributed by atoms with Crippen LogP contribution in [0.3, 0.4) is 0 Å². The maximum Gasteiger partial charge on any atom is 0.266 e. The van der Waals surface area contributed by atoms with Crippen LogP contribution in [0.2, 0.25) is 0 Å². The van der Waals surface area contributed by atoms with Gasteiger partial charge in [-0.15, -0.1) is 0 Å². The van der Waals surface area contributed by atoms with E-state index in [2.05, 4.69) is 9.97 Å². The van der Waals surface area contributed by atoms with E-state index in [9.17, 15) is 4.79 Å². The zero-order valence-corrected chi connectivity index (χ0v) is 7.82. The Bertz CT molecular complexity index is 488. The molecule has 70 valence electrons. The predicted octanol–water partition coefficient (Wildman–Crippen LogP) is 1.75. The van der Waals surface area contributed by atoms with Gasteiger partial charge < -0.3 is 4.98 Å². The summed E-state index contributed by atoms with van der Waals surface area (Å²) in [6.07, 6.45) is 1.29. The number of aromatic amines is 1. The van der Waals surface area contributed by atoms with Crippen LogP contribution in [-0.4, -0.2) is 9.97 Å². The molecule has 0 saturated heterocycles. The average Bonchev–Trinajstić information content (AvgIpc) is 2.23. The van der Waals surface area contributed by atoms with Crippen molar-refractivity contribution in [1.29, 1.82) is 0 Å². The highest BCUT2D eigenvalue weighted by Gasteiger charge is 2.02.